The van der Waals surface area contributed by atoms with Gasteiger partial charge in [0.15, 0.2) is 0 Å². The fourth-order valence-electron chi connectivity index (χ4n) is 2.09. The third-order valence-corrected chi connectivity index (χ3v) is 5.98. The van der Waals surface area contributed by atoms with Crippen LogP contribution in [-0.4, -0.2) is 39.5 Å². The first kappa shape index (κ1) is 16.1. The number of sulfonamides is 1. The van der Waals surface area contributed by atoms with Crippen molar-refractivity contribution in [3.63, 3.8) is 0 Å². The molecule has 2 rings (SSSR count). The Labute approximate surface area is 128 Å². The smallest absolute Gasteiger partial charge is 0.339 e. The Morgan fingerprint density at radius 1 is 1.52 bits per heavy atom. The van der Waals surface area contributed by atoms with Crippen LogP contribution < -0.4 is 10.5 Å². The largest absolute Gasteiger partial charge is 0.465 e. The SMILES string of the molecule is COC(=O)c1ccc(N)cc1S(=O)(=O)NCC1CCSC1. The number of carbonyl (C=O) groups excluding carboxylic acids is 1. The normalized spacial score (nSPS) is 18.6. The van der Waals surface area contributed by atoms with Crippen molar-refractivity contribution in [2.24, 2.45) is 5.92 Å². The van der Waals surface area contributed by atoms with Crippen molar-refractivity contribution in [2.75, 3.05) is 30.9 Å². The molecule has 21 heavy (non-hydrogen) atoms. The van der Waals surface area contributed by atoms with Crippen molar-refractivity contribution < 1.29 is 17.9 Å². The predicted molar refractivity (Wildman–Crippen MR) is 82.8 cm³/mol. The highest BCUT2D eigenvalue weighted by Crippen LogP contribution is 2.24. The lowest BCUT2D eigenvalue weighted by Gasteiger charge is -2.13. The van der Waals surface area contributed by atoms with Crippen LogP contribution in [-0.2, 0) is 14.8 Å². The van der Waals surface area contributed by atoms with E-state index in [-0.39, 0.29) is 16.1 Å². The second-order valence-electron chi connectivity index (χ2n) is 4.83. The summed E-state index contributed by atoms with van der Waals surface area (Å²) in [4.78, 5) is 11.6. The fraction of sp³-hybridized carbons (Fsp3) is 0.462. The lowest BCUT2D eigenvalue weighted by molar-refractivity contribution is 0.0596. The Morgan fingerprint density at radius 2 is 2.29 bits per heavy atom. The van der Waals surface area contributed by atoms with E-state index in [0.29, 0.717) is 12.5 Å². The third-order valence-electron chi connectivity index (χ3n) is 3.29. The van der Waals surface area contributed by atoms with Gasteiger partial charge in [-0.3, -0.25) is 0 Å². The zero-order valence-corrected chi connectivity index (χ0v) is 13.3. The van der Waals surface area contributed by atoms with E-state index in [1.54, 1.807) is 0 Å². The van der Waals surface area contributed by atoms with E-state index < -0.39 is 16.0 Å². The van der Waals surface area contributed by atoms with Gasteiger partial charge in [-0.05, 0) is 42.0 Å². The van der Waals surface area contributed by atoms with Gasteiger partial charge >= 0.3 is 5.97 Å². The van der Waals surface area contributed by atoms with Crippen molar-refractivity contribution in [3.05, 3.63) is 23.8 Å². The average molecular weight is 330 g/mol. The number of benzene rings is 1. The van der Waals surface area contributed by atoms with E-state index in [1.807, 2.05) is 11.8 Å². The number of nitrogens with one attached hydrogen (secondary N) is 1. The number of carbonyl (C=O) groups is 1. The van der Waals surface area contributed by atoms with E-state index in [0.717, 1.165) is 17.9 Å². The molecule has 0 spiro atoms. The van der Waals surface area contributed by atoms with Crippen LogP contribution in [0.3, 0.4) is 0 Å². The molecule has 1 aliphatic heterocycles. The highest BCUT2D eigenvalue weighted by atomic mass is 32.2. The van der Waals surface area contributed by atoms with Crippen LogP contribution in [0, 0.1) is 5.92 Å². The highest BCUT2D eigenvalue weighted by molar-refractivity contribution is 7.99. The maximum Gasteiger partial charge on any atom is 0.339 e. The molecule has 8 heteroatoms. The molecule has 1 heterocycles. The molecule has 0 aliphatic carbocycles. The molecule has 1 aliphatic rings. The first-order valence-electron chi connectivity index (χ1n) is 6.49. The number of hydrogen-bond donors (Lipinski definition) is 2. The molecule has 1 unspecified atom stereocenters. The molecule has 6 nitrogen and oxygen atoms in total. The molecular formula is C13H18N2O4S2. The number of ether oxygens (including phenoxy) is 1. The number of anilines is 1. The van der Waals surface area contributed by atoms with Gasteiger partial charge in [-0.1, -0.05) is 0 Å². The molecule has 3 N–H and O–H groups in total. The van der Waals surface area contributed by atoms with Crippen LogP contribution in [0.5, 0.6) is 0 Å². The Morgan fingerprint density at radius 3 is 2.90 bits per heavy atom. The van der Waals surface area contributed by atoms with E-state index >= 15 is 0 Å². The molecule has 1 atom stereocenters. The first-order valence-corrected chi connectivity index (χ1v) is 9.13. The summed E-state index contributed by atoms with van der Waals surface area (Å²) in [5, 5.41) is 0. The predicted octanol–water partition coefficient (Wildman–Crippen LogP) is 1.09. The van der Waals surface area contributed by atoms with Crippen molar-refractivity contribution in [2.45, 2.75) is 11.3 Å². The zero-order valence-electron chi connectivity index (χ0n) is 11.7. The summed E-state index contributed by atoms with van der Waals surface area (Å²) in [5.41, 5.74) is 5.90. The highest BCUT2D eigenvalue weighted by Gasteiger charge is 2.25. The second kappa shape index (κ2) is 6.67. The van der Waals surface area contributed by atoms with Gasteiger partial charge in [0.2, 0.25) is 10.0 Å². The summed E-state index contributed by atoms with van der Waals surface area (Å²) in [6.07, 6.45) is 0.994. The van der Waals surface area contributed by atoms with Crippen LogP contribution in [0.1, 0.15) is 16.8 Å². The zero-order chi connectivity index (χ0) is 15.5. The van der Waals surface area contributed by atoms with Crippen molar-refractivity contribution in [1.82, 2.24) is 4.72 Å². The van der Waals surface area contributed by atoms with Gasteiger partial charge in [0, 0.05) is 12.2 Å². The van der Waals surface area contributed by atoms with Gasteiger partial charge in [-0.2, -0.15) is 11.8 Å². The van der Waals surface area contributed by atoms with Crippen molar-refractivity contribution in [3.8, 4) is 0 Å². The maximum atomic E-state index is 12.4. The summed E-state index contributed by atoms with van der Waals surface area (Å²) in [6.45, 7) is 0.366. The van der Waals surface area contributed by atoms with Crippen LogP contribution in [0.2, 0.25) is 0 Å². The van der Waals surface area contributed by atoms with Crippen LogP contribution in [0.15, 0.2) is 23.1 Å². The minimum atomic E-state index is -3.80. The van der Waals surface area contributed by atoms with Gasteiger partial charge in [-0.25, -0.2) is 17.9 Å². The molecule has 1 fully saturated rings. The fourth-order valence-corrected chi connectivity index (χ4v) is 4.72. The summed E-state index contributed by atoms with van der Waals surface area (Å²) in [7, 11) is -2.59. The Kier molecular flexibility index (Phi) is 5.13. The number of thioether (sulfide) groups is 1. The van der Waals surface area contributed by atoms with Crippen LogP contribution >= 0.6 is 11.8 Å². The first-order chi connectivity index (χ1) is 9.94. The molecule has 116 valence electrons. The van der Waals surface area contributed by atoms with Crippen LogP contribution in [0.4, 0.5) is 5.69 Å². The lowest BCUT2D eigenvalue weighted by Crippen LogP contribution is -2.30. The molecule has 1 aromatic rings. The maximum absolute atomic E-state index is 12.4. The molecule has 0 aromatic heterocycles. The van der Waals surface area contributed by atoms with E-state index in [9.17, 15) is 13.2 Å². The van der Waals surface area contributed by atoms with Gasteiger partial charge < -0.3 is 10.5 Å². The summed E-state index contributed by atoms with van der Waals surface area (Å²) in [5.74, 6) is 1.63. The van der Waals surface area contributed by atoms with Gasteiger partial charge in [-0.15, -0.1) is 0 Å². The van der Waals surface area contributed by atoms with Crippen LogP contribution in [0.25, 0.3) is 0 Å². The topological polar surface area (TPSA) is 98.5 Å². The average Bonchev–Trinajstić information content (AvgIpc) is 2.98. The Balaban J connectivity index is 2.25. The quantitative estimate of drug-likeness (QED) is 0.619. The summed E-state index contributed by atoms with van der Waals surface area (Å²) < 4.78 is 32.0. The number of nitrogens with two attached hydrogens (primary N) is 1. The lowest BCUT2D eigenvalue weighted by atomic mass is 10.1. The standard InChI is InChI=1S/C13H18N2O4S2/c1-19-13(16)11-3-2-10(14)6-12(11)21(17,18)15-7-9-4-5-20-8-9/h2-3,6,9,15H,4-5,7-8,14H2,1H3. The van der Waals surface area contributed by atoms with Gasteiger partial charge in [0.1, 0.15) is 0 Å². The monoisotopic (exact) mass is 330 g/mol. The number of hydrogen-bond acceptors (Lipinski definition) is 6. The Bertz CT molecular complexity index is 625. The summed E-state index contributed by atoms with van der Waals surface area (Å²) in [6, 6.07) is 4.11. The molecular weight excluding hydrogens is 312 g/mol. The molecule has 0 amide bonds. The number of esters is 1. The second-order valence-corrected chi connectivity index (χ2v) is 7.71. The van der Waals surface area contributed by atoms with E-state index in [4.69, 9.17) is 5.73 Å². The molecule has 0 bridgehead atoms. The minimum Gasteiger partial charge on any atom is -0.465 e. The minimum absolute atomic E-state index is 0.0139. The number of methoxy groups -OCH3 is 1. The van der Waals surface area contributed by atoms with Gasteiger partial charge in [0.05, 0.1) is 17.6 Å². The number of nitrogen functional groups attached to an aromatic ring is 1. The third kappa shape index (κ3) is 3.90. The van der Waals surface area contributed by atoms with E-state index in [2.05, 4.69) is 9.46 Å². The van der Waals surface area contributed by atoms with Crippen molar-refractivity contribution in [1.29, 1.82) is 0 Å². The number of rotatable bonds is 5. The summed E-state index contributed by atoms with van der Waals surface area (Å²) >= 11 is 1.81. The Hall–Kier alpha value is -1.25. The molecule has 1 aromatic carbocycles. The molecule has 0 radical (unpaired) electrons. The van der Waals surface area contributed by atoms with E-state index in [1.165, 1.54) is 25.3 Å². The molecule has 1 saturated heterocycles. The van der Waals surface area contributed by atoms with Gasteiger partial charge in [0.25, 0.3) is 0 Å². The molecule has 0 saturated carbocycles. The van der Waals surface area contributed by atoms with Crippen molar-refractivity contribution >= 4 is 33.4 Å².